The summed E-state index contributed by atoms with van der Waals surface area (Å²) in [6.45, 7) is 5.19. The van der Waals surface area contributed by atoms with Crippen LogP contribution >= 0.6 is 0 Å². The van der Waals surface area contributed by atoms with E-state index in [9.17, 15) is 0 Å². The van der Waals surface area contributed by atoms with E-state index in [4.69, 9.17) is 4.74 Å². The van der Waals surface area contributed by atoms with Crippen molar-refractivity contribution in [1.82, 2.24) is 24.7 Å². The van der Waals surface area contributed by atoms with Gasteiger partial charge in [-0.3, -0.25) is 0 Å². The van der Waals surface area contributed by atoms with Gasteiger partial charge in [0, 0.05) is 36.3 Å². The smallest absolute Gasteiger partial charge is 0.229 e. The number of aryl methyl sites for hydroxylation is 1. The fraction of sp³-hybridized carbons (Fsp3) is 0.217. The third-order valence-electron chi connectivity index (χ3n) is 5.14. The maximum Gasteiger partial charge on any atom is 0.229 e. The van der Waals surface area contributed by atoms with Crippen LogP contribution in [0.4, 0.5) is 28.8 Å². The van der Waals surface area contributed by atoms with E-state index in [1.165, 1.54) is 5.69 Å². The molecule has 1 aliphatic rings. The number of benzene rings is 2. The zero-order valence-electron chi connectivity index (χ0n) is 17.8. The van der Waals surface area contributed by atoms with Crippen molar-refractivity contribution in [3.05, 3.63) is 72.9 Å². The maximum atomic E-state index is 5.45. The van der Waals surface area contributed by atoms with Gasteiger partial charge in [0.2, 0.25) is 5.95 Å². The Morgan fingerprint density at radius 3 is 2.50 bits per heavy atom. The molecule has 1 saturated heterocycles. The molecule has 2 aromatic carbocycles. The van der Waals surface area contributed by atoms with Crippen LogP contribution in [0.25, 0.3) is 5.69 Å². The lowest BCUT2D eigenvalue weighted by molar-refractivity contribution is 0.122. The van der Waals surface area contributed by atoms with Gasteiger partial charge in [-0.1, -0.05) is 6.07 Å². The highest BCUT2D eigenvalue weighted by Crippen LogP contribution is 2.23. The van der Waals surface area contributed by atoms with Crippen molar-refractivity contribution >= 4 is 28.8 Å². The van der Waals surface area contributed by atoms with E-state index in [0.717, 1.165) is 55.0 Å². The molecular weight excluding hydrogens is 404 g/mol. The largest absolute Gasteiger partial charge is 0.378 e. The first-order valence-electron chi connectivity index (χ1n) is 10.5. The summed E-state index contributed by atoms with van der Waals surface area (Å²) in [5.74, 6) is 1.97. The lowest BCUT2D eigenvalue weighted by atomic mass is 10.2. The van der Waals surface area contributed by atoms with Crippen molar-refractivity contribution in [2.75, 3.05) is 41.8 Å². The van der Waals surface area contributed by atoms with Crippen LogP contribution in [0.15, 0.2) is 67.1 Å². The zero-order valence-corrected chi connectivity index (χ0v) is 17.8. The van der Waals surface area contributed by atoms with E-state index in [0.29, 0.717) is 5.95 Å². The van der Waals surface area contributed by atoms with Crippen molar-refractivity contribution < 1.29 is 4.74 Å². The van der Waals surface area contributed by atoms with E-state index in [2.05, 4.69) is 47.7 Å². The second-order valence-electron chi connectivity index (χ2n) is 7.45. The van der Waals surface area contributed by atoms with Gasteiger partial charge in [0.25, 0.3) is 0 Å². The predicted octanol–water partition coefficient (Wildman–Crippen LogP) is 3.69. The van der Waals surface area contributed by atoms with Crippen molar-refractivity contribution in [1.29, 1.82) is 0 Å². The van der Waals surface area contributed by atoms with Crippen LogP contribution < -0.4 is 15.5 Å². The maximum absolute atomic E-state index is 5.45. The van der Waals surface area contributed by atoms with Crippen LogP contribution in [0.3, 0.4) is 0 Å². The molecule has 1 aliphatic heterocycles. The number of rotatable bonds is 6. The fourth-order valence-corrected chi connectivity index (χ4v) is 3.54. The molecule has 2 aromatic heterocycles. The van der Waals surface area contributed by atoms with E-state index >= 15 is 0 Å². The number of nitrogens with zero attached hydrogens (tertiary/aromatic N) is 6. The van der Waals surface area contributed by atoms with Crippen molar-refractivity contribution in [3.8, 4) is 5.69 Å². The molecule has 0 atom stereocenters. The minimum absolute atomic E-state index is 0.517. The summed E-state index contributed by atoms with van der Waals surface area (Å²) in [5, 5.41) is 10.9. The summed E-state index contributed by atoms with van der Waals surface area (Å²) in [4.78, 5) is 15.4. The third kappa shape index (κ3) is 4.68. The average Bonchev–Trinajstić information content (AvgIpc) is 3.27. The molecule has 1 fully saturated rings. The quantitative estimate of drug-likeness (QED) is 0.480. The first-order valence-corrected chi connectivity index (χ1v) is 10.5. The summed E-state index contributed by atoms with van der Waals surface area (Å²) in [6, 6.07) is 18.0. The van der Waals surface area contributed by atoms with Gasteiger partial charge in [0.15, 0.2) is 0 Å². The summed E-state index contributed by atoms with van der Waals surface area (Å²) in [6.07, 6.45) is 3.43. The Morgan fingerprint density at radius 1 is 0.875 bits per heavy atom. The Bertz CT molecular complexity index is 1180. The summed E-state index contributed by atoms with van der Waals surface area (Å²) >= 11 is 0. The highest BCUT2D eigenvalue weighted by atomic mass is 16.5. The Hall–Kier alpha value is -3.98. The van der Waals surface area contributed by atoms with E-state index < -0.39 is 0 Å². The molecule has 0 saturated carbocycles. The number of morpholine rings is 1. The van der Waals surface area contributed by atoms with Crippen molar-refractivity contribution in [2.24, 2.45) is 0 Å². The molecule has 0 unspecified atom stereocenters. The van der Waals surface area contributed by atoms with Crippen LogP contribution in [-0.4, -0.2) is 51.0 Å². The van der Waals surface area contributed by atoms with Crippen molar-refractivity contribution in [2.45, 2.75) is 6.92 Å². The Kier molecular flexibility index (Phi) is 5.63. The third-order valence-corrected chi connectivity index (χ3v) is 5.14. The van der Waals surface area contributed by atoms with Crippen LogP contribution in [0.5, 0.6) is 0 Å². The molecule has 4 aromatic rings. The SMILES string of the molecule is Cc1ncn(-c2ccc(Nc3nccc(Nc4cccc(N5CCOCC5)c4)n3)cc2)n1. The first-order chi connectivity index (χ1) is 15.7. The van der Waals surface area contributed by atoms with E-state index in [1.54, 1.807) is 17.2 Å². The Balaban J connectivity index is 1.27. The normalized spacial score (nSPS) is 13.7. The van der Waals surface area contributed by atoms with Gasteiger partial charge in [0.1, 0.15) is 18.0 Å². The molecule has 0 spiro atoms. The number of hydrogen-bond acceptors (Lipinski definition) is 8. The minimum atomic E-state index is 0.517. The number of hydrogen-bond donors (Lipinski definition) is 2. The number of aromatic nitrogens is 5. The molecule has 3 heterocycles. The minimum Gasteiger partial charge on any atom is -0.378 e. The van der Waals surface area contributed by atoms with Gasteiger partial charge in [-0.25, -0.2) is 14.6 Å². The number of ether oxygens (including phenoxy) is 1. The molecule has 9 nitrogen and oxygen atoms in total. The summed E-state index contributed by atoms with van der Waals surface area (Å²) < 4.78 is 7.19. The van der Waals surface area contributed by atoms with Gasteiger partial charge in [-0.05, 0) is 55.5 Å². The molecule has 2 N–H and O–H groups in total. The van der Waals surface area contributed by atoms with Gasteiger partial charge in [-0.15, -0.1) is 0 Å². The van der Waals surface area contributed by atoms with Crippen LogP contribution in [0.2, 0.25) is 0 Å². The number of anilines is 5. The molecule has 5 rings (SSSR count). The summed E-state index contributed by atoms with van der Waals surface area (Å²) in [7, 11) is 0. The molecule has 162 valence electrons. The standard InChI is InChI=1S/C23H24N8O/c1-17-25-16-31(29-17)20-7-5-18(6-8-20)27-23-24-10-9-22(28-23)26-19-3-2-4-21(15-19)30-11-13-32-14-12-30/h2-10,15-16H,11-14H2,1H3,(H2,24,26,27,28). The Labute approximate surface area is 186 Å². The zero-order chi connectivity index (χ0) is 21.8. The second kappa shape index (κ2) is 9.03. The molecular formula is C23H24N8O. The van der Waals surface area contributed by atoms with E-state index in [-0.39, 0.29) is 0 Å². The van der Waals surface area contributed by atoms with E-state index in [1.807, 2.05) is 49.4 Å². The lowest BCUT2D eigenvalue weighted by Gasteiger charge is -2.29. The van der Waals surface area contributed by atoms with Crippen LogP contribution in [0, 0.1) is 6.92 Å². The van der Waals surface area contributed by atoms with Gasteiger partial charge < -0.3 is 20.3 Å². The van der Waals surface area contributed by atoms with Gasteiger partial charge in [0.05, 0.1) is 18.9 Å². The van der Waals surface area contributed by atoms with Crippen LogP contribution in [0.1, 0.15) is 5.82 Å². The second-order valence-corrected chi connectivity index (χ2v) is 7.45. The molecule has 9 heteroatoms. The van der Waals surface area contributed by atoms with Crippen molar-refractivity contribution in [3.63, 3.8) is 0 Å². The average molecular weight is 429 g/mol. The lowest BCUT2D eigenvalue weighted by Crippen LogP contribution is -2.36. The van der Waals surface area contributed by atoms with Gasteiger partial charge >= 0.3 is 0 Å². The molecule has 0 aliphatic carbocycles. The summed E-state index contributed by atoms with van der Waals surface area (Å²) in [5.41, 5.74) is 3.98. The molecule has 0 amide bonds. The van der Waals surface area contributed by atoms with Crippen LogP contribution in [-0.2, 0) is 4.74 Å². The first kappa shape index (κ1) is 20.0. The highest BCUT2D eigenvalue weighted by molar-refractivity contribution is 5.64. The number of nitrogens with one attached hydrogen (secondary N) is 2. The topological polar surface area (TPSA) is 93.0 Å². The predicted molar refractivity (Wildman–Crippen MR) is 124 cm³/mol. The fourth-order valence-electron chi connectivity index (χ4n) is 3.54. The van der Waals surface area contributed by atoms with Gasteiger partial charge in [-0.2, -0.15) is 10.1 Å². The monoisotopic (exact) mass is 428 g/mol. The highest BCUT2D eigenvalue weighted by Gasteiger charge is 2.11. The molecule has 0 bridgehead atoms. The molecule has 32 heavy (non-hydrogen) atoms. The molecule has 0 radical (unpaired) electrons. The Morgan fingerprint density at radius 2 is 1.72 bits per heavy atom.